The standard InChI is InChI=1S/C17H29ClN2O/c1-6-20(14(4)12-21-5)17-8-7-15(9-16(17)18)11-19-10-13(2)3/h7-9,13-14,19H,6,10-12H2,1-5H3. The zero-order valence-electron chi connectivity index (χ0n) is 13.9. The second-order valence-electron chi connectivity index (χ2n) is 5.90. The lowest BCUT2D eigenvalue weighted by atomic mass is 10.1. The van der Waals surface area contributed by atoms with Gasteiger partial charge < -0.3 is 15.0 Å². The molecule has 0 heterocycles. The van der Waals surface area contributed by atoms with Crippen LogP contribution in [-0.4, -0.2) is 32.8 Å². The predicted molar refractivity (Wildman–Crippen MR) is 92.4 cm³/mol. The molecule has 0 spiro atoms. The summed E-state index contributed by atoms with van der Waals surface area (Å²) < 4.78 is 5.25. The van der Waals surface area contributed by atoms with E-state index >= 15 is 0 Å². The van der Waals surface area contributed by atoms with E-state index in [1.165, 1.54) is 5.56 Å². The van der Waals surface area contributed by atoms with Crippen molar-refractivity contribution in [2.24, 2.45) is 5.92 Å². The minimum absolute atomic E-state index is 0.308. The van der Waals surface area contributed by atoms with Gasteiger partial charge in [-0.3, -0.25) is 0 Å². The maximum absolute atomic E-state index is 6.48. The molecular weight excluding hydrogens is 284 g/mol. The summed E-state index contributed by atoms with van der Waals surface area (Å²) in [6.45, 7) is 12.2. The van der Waals surface area contributed by atoms with Gasteiger partial charge in [-0.2, -0.15) is 0 Å². The molecule has 0 radical (unpaired) electrons. The van der Waals surface area contributed by atoms with Gasteiger partial charge in [0.15, 0.2) is 0 Å². The SMILES string of the molecule is CCN(c1ccc(CNCC(C)C)cc1Cl)C(C)COC. The first-order valence-corrected chi connectivity index (χ1v) is 8.12. The maximum Gasteiger partial charge on any atom is 0.0663 e. The molecule has 1 N–H and O–H groups in total. The number of rotatable bonds is 9. The number of nitrogens with one attached hydrogen (secondary N) is 1. The molecule has 1 atom stereocenters. The lowest BCUT2D eigenvalue weighted by molar-refractivity contribution is 0.182. The molecule has 1 aromatic rings. The Kier molecular flexibility index (Phi) is 8.09. The van der Waals surface area contributed by atoms with E-state index in [0.717, 1.165) is 30.3 Å². The Bertz CT molecular complexity index is 423. The molecule has 0 amide bonds. The third kappa shape index (κ3) is 5.85. The summed E-state index contributed by atoms with van der Waals surface area (Å²) in [7, 11) is 1.73. The second kappa shape index (κ2) is 9.29. The van der Waals surface area contributed by atoms with Gasteiger partial charge >= 0.3 is 0 Å². The Labute approximate surface area is 134 Å². The second-order valence-corrected chi connectivity index (χ2v) is 6.31. The zero-order valence-corrected chi connectivity index (χ0v) is 14.7. The van der Waals surface area contributed by atoms with Crippen LogP contribution in [0, 0.1) is 5.92 Å². The van der Waals surface area contributed by atoms with Crippen molar-refractivity contribution in [2.45, 2.75) is 40.3 Å². The van der Waals surface area contributed by atoms with Gasteiger partial charge in [0.05, 0.1) is 17.3 Å². The molecule has 4 heteroatoms. The summed E-state index contributed by atoms with van der Waals surface area (Å²) in [6, 6.07) is 6.63. The molecule has 0 aliphatic heterocycles. The Balaban J connectivity index is 2.76. The molecule has 0 saturated heterocycles. The summed E-state index contributed by atoms with van der Waals surface area (Å²) in [6.07, 6.45) is 0. The van der Waals surface area contributed by atoms with E-state index in [1.807, 2.05) is 0 Å². The van der Waals surface area contributed by atoms with Crippen molar-refractivity contribution in [2.75, 3.05) is 31.7 Å². The van der Waals surface area contributed by atoms with Gasteiger partial charge in [0, 0.05) is 26.2 Å². The van der Waals surface area contributed by atoms with Crippen molar-refractivity contribution in [1.29, 1.82) is 0 Å². The smallest absolute Gasteiger partial charge is 0.0663 e. The number of ether oxygens (including phenoxy) is 1. The highest BCUT2D eigenvalue weighted by molar-refractivity contribution is 6.33. The third-order valence-corrected chi connectivity index (χ3v) is 3.79. The summed E-state index contributed by atoms with van der Waals surface area (Å²) in [4.78, 5) is 2.27. The highest BCUT2D eigenvalue weighted by atomic mass is 35.5. The summed E-state index contributed by atoms with van der Waals surface area (Å²) in [5, 5.41) is 4.25. The van der Waals surface area contributed by atoms with Gasteiger partial charge in [0.25, 0.3) is 0 Å². The largest absolute Gasteiger partial charge is 0.383 e. The van der Waals surface area contributed by atoms with Gasteiger partial charge in [-0.25, -0.2) is 0 Å². The Morgan fingerprint density at radius 1 is 1.29 bits per heavy atom. The fourth-order valence-corrected chi connectivity index (χ4v) is 2.76. The number of halogens is 1. The Morgan fingerprint density at radius 2 is 2.00 bits per heavy atom. The van der Waals surface area contributed by atoms with Crippen LogP contribution in [0.1, 0.15) is 33.3 Å². The van der Waals surface area contributed by atoms with Crippen molar-refractivity contribution in [3.8, 4) is 0 Å². The first-order chi connectivity index (χ1) is 9.99. The van der Waals surface area contributed by atoms with Crippen LogP contribution in [-0.2, 0) is 11.3 Å². The quantitative estimate of drug-likeness (QED) is 0.747. The van der Waals surface area contributed by atoms with E-state index in [1.54, 1.807) is 7.11 Å². The first kappa shape index (κ1) is 18.3. The lowest BCUT2D eigenvalue weighted by Gasteiger charge is -2.30. The molecule has 0 aliphatic rings. The average Bonchev–Trinajstić information content (AvgIpc) is 2.42. The molecule has 0 fully saturated rings. The number of nitrogens with zero attached hydrogens (tertiary/aromatic N) is 1. The van der Waals surface area contributed by atoms with Gasteiger partial charge in [-0.1, -0.05) is 31.5 Å². The van der Waals surface area contributed by atoms with Crippen LogP contribution in [0.5, 0.6) is 0 Å². The number of benzene rings is 1. The number of hydrogen-bond acceptors (Lipinski definition) is 3. The molecule has 120 valence electrons. The minimum atomic E-state index is 0.308. The van der Waals surface area contributed by atoms with Crippen molar-refractivity contribution >= 4 is 17.3 Å². The van der Waals surface area contributed by atoms with Crippen LogP contribution < -0.4 is 10.2 Å². The number of methoxy groups -OCH3 is 1. The van der Waals surface area contributed by atoms with E-state index in [4.69, 9.17) is 16.3 Å². The Morgan fingerprint density at radius 3 is 2.52 bits per heavy atom. The molecule has 0 aromatic heterocycles. The van der Waals surface area contributed by atoms with Gasteiger partial charge in [-0.05, 0) is 44.0 Å². The van der Waals surface area contributed by atoms with Crippen molar-refractivity contribution in [3.05, 3.63) is 28.8 Å². The van der Waals surface area contributed by atoms with Gasteiger partial charge in [0.2, 0.25) is 0 Å². The zero-order chi connectivity index (χ0) is 15.8. The lowest BCUT2D eigenvalue weighted by Crippen LogP contribution is -2.36. The van der Waals surface area contributed by atoms with E-state index in [0.29, 0.717) is 18.6 Å². The highest BCUT2D eigenvalue weighted by Gasteiger charge is 2.15. The fourth-order valence-electron chi connectivity index (χ4n) is 2.45. The summed E-state index contributed by atoms with van der Waals surface area (Å²) in [5.41, 5.74) is 2.30. The summed E-state index contributed by atoms with van der Waals surface area (Å²) in [5.74, 6) is 0.658. The predicted octanol–water partition coefficient (Wildman–Crippen LogP) is 3.95. The van der Waals surface area contributed by atoms with Crippen molar-refractivity contribution < 1.29 is 4.74 Å². The number of hydrogen-bond donors (Lipinski definition) is 1. The first-order valence-electron chi connectivity index (χ1n) is 7.74. The van der Waals surface area contributed by atoms with E-state index < -0.39 is 0 Å². The van der Waals surface area contributed by atoms with Crippen molar-refractivity contribution in [3.63, 3.8) is 0 Å². The molecule has 3 nitrogen and oxygen atoms in total. The molecule has 0 bridgehead atoms. The molecule has 1 rings (SSSR count). The highest BCUT2D eigenvalue weighted by Crippen LogP contribution is 2.28. The molecule has 21 heavy (non-hydrogen) atoms. The molecule has 0 aliphatic carbocycles. The normalized spacial score (nSPS) is 12.7. The molecular formula is C17H29ClN2O. The average molecular weight is 313 g/mol. The minimum Gasteiger partial charge on any atom is -0.383 e. The Hall–Kier alpha value is -0.770. The van der Waals surface area contributed by atoms with E-state index in [-0.39, 0.29) is 0 Å². The number of anilines is 1. The van der Waals surface area contributed by atoms with Crippen LogP contribution in [0.15, 0.2) is 18.2 Å². The topological polar surface area (TPSA) is 24.5 Å². The van der Waals surface area contributed by atoms with Gasteiger partial charge in [0.1, 0.15) is 0 Å². The monoisotopic (exact) mass is 312 g/mol. The third-order valence-electron chi connectivity index (χ3n) is 3.48. The van der Waals surface area contributed by atoms with Crippen LogP contribution in [0.25, 0.3) is 0 Å². The molecule has 1 aromatic carbocycles. The molecule has 0 saturated carbocycles. The van der Waals surface area contributed by atoms with Crippen LogP contribution >= 0.6 is 11.6 Å². The van der Waals surface area contributed by atoms with Crippen LogP contribution in [0.2, 0.25) is 5.02 Å². The van der Waals surface area contributed by atoms with Crippen LogP contribution in [0.3, 0.4) is 0 Å². The van der Waals surface area contributed by atoms with Crippen molar-refractivity contribution in [1.82, 2.24) is 5.32 Å². The maximum atomic E-state index is 6.48. The molecule has 1 unspecified atom stereocenters. The summed E-state index contributed by atoms with van der Waals surface area (Å²) >= 11 is 6.48. The van der Waals surface area contributed by atoms with E-state index in [9.17, 15) is 0 Å². The fraction of sp³-hybridized carbons (Fsp3) is 0.647. The van der Waals surface area contributed by atoms with Crippen LogP contribution in [0.4, 0.5) is 5.69 Å². The number of likely N-dealkylation sites (N-methyl/N-ethyl adjacent to an activating group) is 1. The van der Waals surface area contributed by atoms with Gasteiger partial charge in [-0.15, -0.1) is 0 Å². The van der Waals surface area contributed by atoms with E-state index in [2.05, 4.69) is 56.1 Å².